The van der Waals surface area contributed by atoms with Crippen LogP contribution < -0.4 is 0 Å². The molecule has 4 nitrogen and oxygen atoms in total. The summed E-state index contributed by atoms with van der Waals surface area (Å²) in [5.41, 5.74) is 1.29. The molecule has 132 valence electrons. The summed E-state index contributed by atoms with van der Waals surface area (Å²) in [6, 6.07) is 9.20. The zero-order chi connectivity index (χ0) is 18.1. The molecule has 0 saturated carbocycles. The van der Waals surface area contributed by atoms with Gasteiger partial charge in [-0.05, 0) is 17.4 Å². The molecule has 2 unspecified atom stereocenters. The smallest absolute Gasteiger partial charge is 0.163 e. The fraction of sp³-hybridized carbons (Fsp3) is 0.429. The summed E-state index contributed by atoms with van der Waals surface area (Å²) < 4.78 is 0. The maximum atomic E-state index is 12.7. The Morgan fingerprint density at radius 1 is 0.800 bits per heavy atom. The molecule has 2 aliphatic carbocycles. The summed E-state index contributed by atoms with van der Waals surface area (Å²) in [4.78, 5) is 25.4. The van der Waals surface area contributed by atoms with Gasteiger partial charge in [-0.2, -0.15) is 0 Å². The van der Waals surface area contributed by atoms with Gasteiger partial charge in [-0.1, -0.05) is 44.2 Å². The summed E-state index contributed by atoms with van der Waals surface area (Å²) in [6.45, 7) is 3.85. The highest BCUT2D eigenvalue weighted by atomic mass is 16.3. The van der Waals surface area contributed by atoms with E-state index in [1.165, 1.54) is 0 Å². The van der Waals surface area contributed by atoms with Crippen molar-refractivity contribution in [2.45, 2.75) is 45.4 Å². The molecule has 0 fully saturated rings. The third-order valence-corrected chi connectivity index (χ3v) is 5.08. The van der Waals surface area contributed by atoms with Crippen LogP contribution >= 0.6 is 0 Å². The summed E-state index contributed by atoms with van der Waals surface area (Å²) in [6.07, 6.45) is 1.54. The van der Waals surface area contributed by atoms with Crippen LogP contribution in [0.15, 0.2) is 53.0 Å². The van der Waals surface area contributed by atoms with Gasteiger partial charge in [0.2, 0.25) is 0 Å². The topological polar surface area (TPSA) is 74.6 Å². The minimum absolute atomic E-state index is 0.0457. The van der Waals surface area contributed by atoms with Gasteiger partial charge in [0.25, 0.3) is 0 Å². The Balaban J connectivity index is 2.19. The van der Waals surface area contributed by atoms with Crippen LogP contribution in [0.3, 0.4) is 0 Å². The number of aliphatic hydroxyl groups excluding tert-OH is 2. The van der Waals surface area contributed by atoms with Crippen molar-refractivity contribution in [1.82, 2.24) is 0 Å². The summed E-state index contributed by atoms with van der Waals surface area (Å²) in [7, 11) is 0. The first-order valence-electron chi connectivity index (χ1n) is 8.83. The van der Waals surface area contributed by atoms with E-state index in [4.69, 9.17) is 0 Å². The van der Waals surface area contributed by atoms with Gasteiger partial charge >= 0.3 is 0 Å². The normalized spacial score (nSPS) is 26.2. The molecule has 2 atom stereocenters. The molecule has 0 amide bonds. The largest absolute Gasteiger partial charge is 0.512 e. The lowest BCUT2D eigenvalue weighted by molar-refractivity contribution is -0.117. The predicted octanol–water partition coefficient (Wildman–Crippen LogP) is 4.39. The van der Waals surface area contributed by atoms with E-state index in [-0.39, 0.29) is 46.1 Å². The van der Waals surface area contributed by atoms with Crippen molar-refractivity contribution in [1.29, 1.82) is 0 Å². The first kappa shape index (κ1) is 17.5. The number of hydrogen-bond acceptors (Lipinski definition) is 4. The lowest BCUT2D eigenvalue weighted by Gasteiger charge is -2.31. The second-order valence-electron chi connectivity index (χ2n) is 7.44. The molecule has 0 spiro atoms. The maximum absolute atomic E-state index is 12.7. The van der Waals surface area contributed by atoms with Crippen LogP contribution in [0, 0.1) is 11.8 Å². The van der Waals surface area contributed by atoms with Gasteiger partial charge in [-0.3, -0.25) is 9.59 Å². The molecule has 4 heteroatoms. The highest BCUT2D eigenvalue weighted by Crippen LogP contribution is 2.43. The second-order valence-corrected chi connectivity index (χ2v) is 7.44. The number of ketones is 2. The van der Waals surface area contributed by atoms with Crippen LogP contribution in [0.1, 0.15) is 51.0 Å². The molecule has 3 rings (SSSR count). The highest BCUT2D eigenvalue weighted by Gasteiger charge is 2.39. The van der Waals surface area contributed by atoms with Gasteiger partial charge in [0.15, 0.2) is 11.6 Å². The van der Waals surface area contributed by atoms with Crippen molar-refractivity contribution in [3.63, 3.8) is 0 Å². The fourth-order valence-electron chi connectivity index (χ4n) is 3.98. The van der Waals surface area contributed by atoms with Crippen molar-refractivity contribution >= 4 is 11.6 Å². The maximum Gasteiger partial charge on any atom is 0.163 e. The first-order valence-corrected chi connectivity index (χ1v) is 8.83. The minimum atomic E-state index is -0.693. The number of rotatable bonds is 3. The van der Waals surface area contributed by atoms with Gasteiger partial charge < -0.3 is 10.2 Å². The molecule has 0 aliphatic heterocycles. The molecule has 0 aromatic heterocycles. The molecule has 0 bridgehead atoms. The monoisotopic (exact) mass is 340 g/mol. The van der Waals surface area contributed by atoms with E-state index in [9.17, 15) is 19.8 Å². The van der Waals surface area contributed by atoms with Gasteiger partial charge in [-0.25, -0.2) is 0 Å². The summed E-state index contributed by atoms with van der Waals surface area (Å²) in [5.74, 6) is -0.724. The first-order chi connectivity index (χ1) is 11.9. The van der Waals surface area contributed by atoms with Gasteiger partial charge in [0.05, 0.1) is 0 Å². The minimum Gasteiger partial charge on any atom is -0.512 e. The van der Waals surface area contributed by atoms with E-state index < -0.39 is 5.92 Å². The summed E-state index contributed by atoms with van der Waals surface area (Å²) in [5, 5.41) is 21.1. The van der Waals surface area contributed by atoms with Crippen molar-refractivity contribution < 1.29 is 19.8 Å². The predicted molar refractivity (Wildman–Crippen MR) is 95.3 cm³/mol. The molecule has 25 heavy (non-hydrogen) atoms. The van der Waals surface area contributed by atoms with Crippen LogP contribution in [-0.4, -0.2) is 21.8 Å². The number of carbonyl (C=O) groups is 2. The molecule has 0 radical (unpaired) electrons. The second kappa shape index (κ2) is 6.87. The number of benzene rings is 1. The molecular formula is C21H24O4. The molecule has 1 aromatic rings. The number of aliphatic hydroxyl groups is 2. The van der Waals surface area contributed by atoms with Gasteiger partial charge in [0, 0.05) is 42.7 Å². The lowest BCUT2D eigenvalue weighted by Crippen LogP contribution is -2.28. The number of carbonyl (C=O) groups excluding carboxylic acids is 2. The van der Waals surface area contributed by atoms with E-state index in [1.54, 1.807) is 0 Å². The van der Waals surface area contributed by atoms with Gasteiger partial charge in [-0.15, -0.1) is 0 Å². The van der Waals surface area contributed by atoms with Crippen LogP contribution in [0.25, 0.3) is 0 Å². The van der Waals surface area contributed by atoms with E-state index in [0.29, 0.717) is 25.7 Å². The average Bonchev–Trinajstić information content (AvgIpc) is 2.52. The zero-order valence-corrected chi connectivity index (χ0v) is 14.7. The van der Waals surface area contributed by atoms with E-state index in [1.807, 2.05) is 44.2 Å². The summed E-state index contributed by atoms with van der Waals surface area (Å²) >= 11 is 0. The zero-order valence-electron chi connectivity index (χ0n) is 14.7. The molecule has 0 heterocycles. The quantitative estimate of drug-likeness (QED) is 0.855. The lowest BCUT2D eigenvalue weighted by atomic mass is 9.72. The molecule has 2 N–H and O–H groups in total. The van der Waals surface area contributed by atoms with Crippen molar-refractivity contribution in [2.24, 2.45) is 11.8 Å². The van der Waals surface area contributed by atoms with E-state index >= 15 is 0 Å². The van der Waals surface area contributed by atoms with Crippen LogP contribution in [0.5, 0.6) is 0 Å². The molecule has 1 aromatic carbocycles. The van der Waals surface area contributed by atoms with Crippen LogP contribution in [-0.2, 0) is 9.59 Å². The standard InChI is InChI=1S/C21H24O4/c1-12-8-15(22)20(16(23)9-12)19(14-6-4-3-5-7-14)21-17(24)10-13(2)11-18(21)25/h3-7,12-13,19,22,24H,8-11H2,1-2H3. The number of hydrogen-bond donors (Lipinski definition) is 2. The van der Waals surface area contributed by atoms with E-state index in [2.05, 4.69) is 0 Å². The van der Waals surface area contributed by atoms with Crippen molar-refractivity contribution in [3.8, 4) is 0 Å². The van der Waals surface area contributed by atoms with Crippen LogP contribution in [0.2, 0.25) is 0 Å². The molecule has 2 aliphatic rings. The Hall–Kier alpha value is -2.36. The third-order valence-electron chi connectivity index (χ3n) is 5.08. The highest BCUT2D eigenvalue weighted by molar-refractivity contribution is 6.05. The molecule has 0 saturated heterocycles. The van der Waals surface area contributed by atoms with Crippen molar-refractivity contribution in [2.75, 3.05) is 0 Å². The Kier molecular flexibility index (Phi) is 4.80. The third kappa shape index (κ3) is 3.39. The number of Topliss-reactive ketones (excluding diaryl/α,β-unsaturated/α-hetero) is 2. The Morgan fingerprint density at radius 3 is 1.64 bits per heavy atom. The fourth-order valence-corrected chi connectivity index (χ4v) is 3.98. The van der Waals surface area contributed by atoms with Crippen molar-refractivity contribution in [3.05, 3.63) is 58.6 Å². The van der Waals surface area contributed by atoms with E-state index in [0.717, 1.165) is 5.56 Å². The van der Waals surface area contributed by atoms with Gasteiger partial charge in [0.1, 0.15) is 11.5 Å². The number of allylic oxidation sites excluding steroid dienone is 4. The SMILES string of the molecule is CC1CC(=O)C(C(C2=C(O)CC(C)CC2=O)c2ccccc2)=C(O)C1. The molecular weight excluding hydrogens is 316 g/mol. The Labute approximate surface area is 147 Å². The Morgan fingerprint density at radius 2 is 1.24 bits per heavy atom. The van der Waals surface area contributed by atoms with Crippen LogP contribution in [0.4, 0.5) is 0 Å². The Bertz CT molecular complexity index is 711. The average molecular weight is 340 g/mol.